The second-order valence-electron chi connectivity index (χ2n) is 6.34. The predicted octanol–water partition coefficient (Wildman–Crippen LogP) is 6.26. The van der Waals surface area contributed by atoms with Crippen LogP contribution in [-0.4, -0.2) is 14.8 Å². The lowest BCUT2D eigenvalue weighted by Crippen LogP contribution is -2.08. The van der Waals surface area contributed by atoms with Crippen LogP contribution < -0.4 is 4.74 Å². The number of nitrogens with zero attached hydrogens (tertiary/aromatic N) is 3. The summed E-state index contributed by atoms with van der Waals surface area (Å²) >= 11 is 14.1. The summed E-state index contributed by atoms with van der Waals surface area (Å²) in [4.78, 5) is 0. The SMILES string of the molecule is C=CCn1c(COc2ccc(C)cc2C)nnc1SCc1c(Cl)cccc1Cl. The van der Waals surface area contributed by atoms with Crippen molar-refractivity contribution < 1.29 is 4.74 Å². The molecule has 0 fully saturated rings. The van der Waals surface area contributed by atoms with Gasteiger partial charge >= 0.3 is 0 Å². The minimum atomic E-state index is 0.331. The van der Waals surface area contributed by atoms with E-state index >= 15 is 0 Å². The van der Waals surface area contributed by atoms with Crippen molar-refractivity contribution in [2.24, 2.45) is 0 Å². The van der Waals surface area contributed by atoms with Crippen molar-refractivity contribution in [2.45, 2.75) is 37.9 Å². The van der Waals surface area contributed by atoms with Gasteiger partial charge in [-0.05, 0) is 43.2 Å². The summed E-state index contributed by atoms with van der Waals surface area (Å²) in [6.45, 7) is 8.86. The quantitative estimate of drug-likeness (QED) is 0.310. The number of ether oxygens (including phenoxy) is 1. The minimum Gasteiger partial charge on any atom is -0.485 e. The second kappa shape index (κ2) is 9.50. The molecule has 3 aromatic rings. The number of rotatable bonds is 8. The predicted molar refractivity (Wildman–Crippen MR) is 116 cm³/mol. The molecule has 0 aliphatic heterocycles. The van der Waals surface area contributed by atoms with Crippen LogP contribution in [0.15, 0.2) is 54.2 Å². The molecule has 4 nitrogen and oxygen atoms in total. The third-order valence-corrected chi connectivity index (χ3v) is 5.90. The van der Waals surface area contributed by atoms with Crippen LogP contribution in [-0.2, 0) is 18.9 Å². The summed E-state index contributed by atoms with van der Waals surface area (Å²) in [5.74, 6) is 2.19. The van der Waals surface area contributed by atoms with E-state index in [1.54, 1.807) is 0 Å². The first-order valence-corrected chi connectivity index (χ1v) is 10.5. The van der Waals surface area contributed by atoms with E-state index in [2.05, 4.69) is 29.8 Å². The fourth-order valence-electron chi connectivity index (χ4n) is 2.76. The van der Waals surface area contributed by atoms with Gasteiger partial charge in [-0.2, -0.15) is 0 Å². The Bertz CT molecular complexity index is 968. The molecular weight excluding hydrogens is 413 g/mol. The van der Waals surface area contributed by atoms with Crippen molar-refractivity contribution in [3.8, 4) is 5.75 Å². The van der Waals surface area contributed by atoms with E-state index in [-0.39, 0.29) is 0 Å². The molecule has 0 spiro atoms. The monoisotopic (exact) mass is 433 g/mol. The lowest BCUT2D eigenvalue weighted by molar-refractivity contribution is 0.287. The molecule has 2 aromatic carbocycles. The van der Waals surface area contributed by atoms with Crippen molar-refractivity contribution in [3.63, 3.8) is 0 Å². The molecule has 0 bridgehead atoms. The third kappa shape index (κ3) is 4.90. The number of halogens is 2. The molecule has 0 unspecified atom stereocenters. The average Bonchev–Trinajstić information content (AvgIpc) is 3.03. The number of aromatic nitrogens is 3. The van der Waals surface area contributed by atoms with Crippen LogP contribution >= 0.6 is 35.0 Å². The van der Waals surface area contributed by atoms with Crippen molar-refractivity contribution in [1.29, 1.82) is 0 Å². The number of hydrogen-bond acceptors (Lipinski definition) is 4. The van der Waals surface area contributed by atoms with Crippen LogP contribution in [0.4, 0.5) is 0 Å². The van der Waals surface area contributed by atoms with E-state index in [1.807, 2.05) is 47.9 Å². The van der Waals surface area contributed by atoms with Crippen LogP contribution in [0.5, 0.6) is 5.75 Å². The van der Waals surface area contributed by atoms with E-state index in [0.29, 0.717) is 28.9 Å². The lowest BCUT2D eigenvalue weighted by atomic mass is 10.1. The van der Waals surface area contributed by atoms with E-state index in [1.165, 1.54) is 17.3 Å². The van der Waals surface area contributed by atoms with Gasteiger partial charge in [-0.25, -0.2) is 0 Å². The summed E-state index contributed by atoms with van der Waals surface area (Å²) in [6, 6.07) is 11.6. The fourth-order valence-corrected chi connectivity index (χ4v) is 4.46. The summed E-state index contributed by atoms with van der Waals surface area (Å²) in [5.41, 5.74) is 3.19. The summed E-state index contributed by atoms with van der Waals surface area (Å²) in [6.07, 6.45) is 1.82. The molecule has 0 N–H and O–H groups in total. The molecule has 1 aromatic heterocycles. The number of hydrogen-bond donors (Lipinski definition) is 0. The molecule has 0 aliphatic rings. The van der Waals surface area contributed by atoms with Gasteiger partial charge in [0.15, 0.2) is 11.0 Å². The molecule has 0 atom stereocenters. The Morgan fingerprint density at radius 1 is 1.14 bits per heavy atom. The number of benzene rings is 2. The number of thioether (sulfide) groups is 1. The van der Waals surface area contributed by atoms with E-state index in [9.17, 15) is 0 Å². The highest BCUT2D eigenvalue weighted by Gasteiger charge is 2.15. The average molecular weight is 434 g/mol. The van der Waals surface area contributed by atoms with Crippen molar-refractivity contribution in [1.82, 2.24) is 14.8 Å². The highest BCUT2D eigenvalue weighted by atomic mass is 35.5. The van der Waals surface area contributed by atoms with Crippen LogP contribution in [0.25, 0.3) is 0 Å². The van der Waals surface area contributed by atoms with Crippen molar-refractivity contribution >= 4 is 35.0 Å². The van der Waals surface area contributed by atoms with Crippen LogP contribution in [0.2, 0.25) is 10.0 Å². The molecule has 28 heavy (non-hydrogen) atoms. The molecule has 0 aliphatic carbocycles. The first-order valence-electron chi connectivity index (χ1n) is 8.78. The van der Waals surface area contributed by atoms with E-state index < -0.39 is 0 Å². The van der Waals surface area contributed by atoms with Gasteiger partial charge in [-0.1, -0.05) is 64.8 Å². The molecular formula is C21H21Cl2N3OS. The number of aryl methyl sites for hydroxylation is 2. The third-order valence-electron chi connectivity index (χ3n) is 4.20. The maximum Gasteiger partial charge on any atom is 0.191 e. The van der Waals surface area contributed by atoms with Gasteiger partial charge in [-0.3, -0.25) is 4.57 Å². The first-order chi connectivity index (χ1) is 13.5. The first kappa shape index (κ1) is 20.8. The van der Waals surface area contributed by atoms with Crippen LogP contribution in [0.3, 0.4) is 0 Å². The largest absolute Gasteiger partial charge is 0.485 e. The molecule has 3 rings (SSSR count). The minimum absolute atomic E-state index is 0.331. The van der Waals surface area contributed by atoms with Gasteiger partial charge in [0.05, 0.1) is 0 Å². The summed E-state index contributed by atoms with van der Waals surface area (Å²) in [5, 5.41) is 10.7. The lowest BCUT2D eigenvalue weighted by Gasteiger charge is -2.11. The zero-order chi connectivity index (χ0) is 20.1. The van der Waals surface area contributed by atoms with Crippen molar-refractivity contribution in [3.05, 3.63) is 81.6 Å². The van der Waals surface area contributed by atoms with E-state index in [4.69, 9.17) is 27.9 Å². The summed E-state index contributed by atoms with van der Waals surface area (Å²) in [7, 11) is 0. The smallest absolute Gasteiger partial charge is 0.191 e. The summed E-state index contributed by atoms with van der Waals surface area (Å²) < 4.78 is 7.96. The second-order valence-corrected chi connectivity index (χ2v) is 8.10. The van der Waals surface area contributed by atoms with Gasteiger partial charge in [0.25, 0.3) is 0 Å². The molecule has 0 radical (unpaired) electrons. The molecule has 7 heteroatoms. The van der Waals surface area contributed by atoms with Crippen LogP contribution in [0.1, 0.15) is 22.5 Å². The Balaban J connectivity index is 1.75. The normalized spacial score (nSPS) is 10.9. The van der Waals surface area contributed by atoms with Gasteiger partial charge in [-0.15, -0.1) is 16.8 Å². The Kier molecular flexibility index (Phi) is 7.05. The highest BCUT2D eigenvalue weighted by molar-refractivity contribution is 7.98. The molecule has 0 saturated heterocycles. The van der Waals surface area contributed by atoms with Gasteiger partial charge in [0, 0.05) is 22.3 Å². The Morgan fingerprint density at radius 2 is 1.89 bits per heavy atom. The topological polar surface area (TPSA) is 39.9 Å². The zero-order valence-electron chi connectivity index (χ0n) is 15.8. The maximum atomic E-state index is 6.27. The van der Waals surface area contributed by atoms with Gasteiger partial charge in [0.1, 0.15) is 12.4 Å². The Hall–Kier alpha value is -1.95. The molecule has 146 valence electrons. The van der Waals surface area contributed by atoms with Crippen LogP contribution in [0, 0.1) is 13.8 Å². The van der Waals surface area contributed by atoms with Crippen molar-refractivity contribution in [2.75, 3.05) is 0 Å². The number of allylic oxidation sites excluding steroid dienone is 1. The molecule has 0 saturated carbocycles. The fraction of sp³-hybridized carbons (Fsp3) is 0.238. The van der Waals surface area contributed by atoms with Gasteiger partial charge in [0.2, 0.25) is 0 Å². The maximum absolute atomic E-state index is 6.27. The van der Waals surface area contributed by atoms with E-state index in [0.717, 1.165) is 27.9 Å². The Morgan fingerprint density at radius 3 is 2.57 bits per heavy atom. The standard InChI is InChI=1S/C21H21Cl2N3OS/c1-4-10-26-20(12-27-19-9-8-14(2)11-15(19)3)24-25-21(26)28-13-16-17(22)6-5-7-18(16)23/h4-9,11H,1,10,12-13H2,2-3H3. The highest BCUT2D eigenvalue weighted by Crippen LogP contribution is 2.31. The molecule has 1 heterocycles. The molecule has 0 amide bonds. The Labute approximate surface area is 179 Å². The zero-order valence-corrected chi connectivity index (χ0v) is 18.1. The van der Waals surface area contributed by atoms with Gasteiger partial charge < -0.3 is 4.74 Å².